The van der Waals surface area contributed by atoms with E-state index in [0.29, 0.717) is 16.3 Å². The van der Waals surface area contributed by atoms with E-state index < -0.39 is 0 Å². The summed E-state index contributed by atoms with van der Waals surface area (Å²) in [5, 5.41) is 9.98. The number of halogens is 1. The third-order valence-corrected chi connectivity index (χ3v) is 3.39. The predicted octanol–water partition coefficient (Wildman–Crippen LogP) is 4.97. The van der Waals surface area contributed by atoms with Crippen molar-refractivity contribution in [3.8, 4) is 11.8 Å². The standard InChI is InChI=1S/C19H16ClNO2/c1-13(2)19(22)23-18-5-3-4-14(11-18)10-16(12-21)15-6-8-17(20)9-7-15/h3-11,13H,1-2H3/b16-10-. The molecule has 0 aliphatic rings. The molecule has 2 rings (SSSR count). The number of allylic oxidation sites excluding steroid dienone is 1. The molecule has 0 atom stereocenters. The van der Waals surface area contributed by atoms with Gasteiger partial charge in [-0.05, 0) is 41.5 Å². The van der Waals surface area contributed by atoms with Gasteiger partial charge < -0.3 is 4.74 Å². The topological polar surface area (TPSA) is 50.1 Å². The maximum Gasteiger partial charge on any atom is 0.313 e. The van der Waals surface area contributed by atoms with E-state index in [2.05, 4.69) is 6.07 Å². The van der Waals surface area contributed by atoms with Gasteiger partial charge in [-0.3, -0.25) is 4.79 Å². The van der Waals surface area contributed by atoms with Crippen LogP contribution in [0.2, 0.25) is 5.02 Å². The third-order valence-electron chi connectivity index (χ3n) is 3.13. The number of nitrogens with zero attached hydrogens (tertiary/aromatic N) is 1. The molecule has 0 radical (unpaired) electrons. The van der Waals surface area contributed by atoms with Gasteiger partial charge in [0.05, 0.1) is 17.6 Å². The van der Waals surface area contributed by atoms with Gasteiger partial charge in [0.1, 0.15) is 5.75 Å². The lowest BCUT2D eigenvalue weighted by Gasteiger charge is -2.07. The molecule has 0 aromatic heterocycles. The summed E-state index contributed by atoms with van der Waals surface area (Å²) < 4.78 is 5.28. The van der Waals surface area contributed by atoms with Gasteiger partial charge in [-0.25, -0.2) is 0 Å². The highest BCUT2D eigenvalue weighted by Gasteiger charge is 2.10. The molecule has 0 aliphatic carbocycles. The molecule has 0 fully saturated rings. The minimum atomic E-state index is -0.288. The zero-order valence-electron chi connectivity index (χ0n) is 12.9. The fraction of sp³-hybridized carbons (Fsp3) is 0.158. The Bertz CT molecular complexity index is 771. The Balaban J connectivity index is 2.28. The van der Waals surface area contributed by atoms with Crippen LogP contribution < -0.4 is 4.74 Å². The molecule has 0 unspecified atom stereocenters. The summed E-state index contributed by atoms with van der Waals surface area (Å²) >= 11 is 5.86. The van der Waals surface area contributed by atoms with Crippen LogP contribution in [0.1, 0.15) is 25.0 Å². The average Bonchev–Trinajstić information content (AvgIpc) is 2.54. The van der Waals surface area contributed by atoms with Crippen molar-refractivity contribution >= 4 is 29.2 Å². The number of carbonyl (C=O) groups is 1. The van der Waals surface area contributed by atoms with E-state index in [1.165, 1.54) is 0 Å². The van der Waals surface area contributed by atoms with Crippen molar-refractivity contribution in [1.82, 2.24) is 0 Å². The monoisotopic (exact) mass is 325 g/mol. The quantitative estimate of drug-likeness (QED) is 0.345. The fourth-order valence-electron chi connectivity index (χ4n) is 1.88. The third kappa shape index (κ3) is 4.70. The summed E-state index contributed by atoms with van der Waals surface area (Å²) in [6, 6.07) is 16.3. The van der Waals surface area contributed by atoms with Crippen LogP contribution in [0.5, 0.6) is 5.75 Å². The summed E-state index contributed by atoms with van der Waals surface area (Å²) in [6.07, 6.45) is 1.75. The molecule has 0 amide bonds. The molecule has 2 aromatic carbocycles. The molecule has 23 heavy (non-hydrogen) atoms. The highest BCUT2D eigenvalue weighted by molar-refractivity contribution is 6.30. The van der Waals surface area contributed by atoms with E-state index in [1.807, 2.05) is 6.07 Å². The SMILES string of the molecule is CC(C)C(=O)Oc1cccc(/C=C(/C#N)c2ccc(Cl)cc2)c1. The Labute approximate surface area is 140 Å². The Hall–Kier alpha value is -2.57. The van der Waals surface area contributed by atoms with Crippen molar-refractivity contribution in [3.05, 3.63) is 64.7 Å². The molecular formula is C19H16ClNO2. The number of ether oxygens (including phenoxy) is 1. The van der Waals surface area contributed by atoms with Crippen molar-refractivity contribution in [2.75, 3.05) is 0 Å². The molecule has 0 saturated carbocycles. The van der Waals surface area contributed by atoms with Crippen LogP contribution in [0.3, 0.4) is 0 Å². The van der Waals surface area contributed by atoms with Gasteiger partial charge in [-0.2, -0.15) is 5.26 Å². The molecule has 0 bridgehead atoms. The first-order chi connectivity index (χ1) is 11.0. The Morgan fingerprint density at radius 2 is 1.91 bits per heavy atom. The molecule has 3 nitrogen and oxygen atoms in total. The first kappa shape index (κ1) is 16.8. The van der Waals surface area contributed by atoms with Gasteiger partial charge in [-0.15, -0.1) is 0 Å². The summed E-state index contributed by atoms with van der Waals surface area (Å²) in [5.74, 6) is -0.0203. The van der Waals surface area contributed by atoms with Gasteiger partial charge in [0, 0.05) is 5.02 Å². The van der Waals surface area contributed by atoms with Crippen LogP contribution in [-0.2, 0) is 4.79 Å². The summed E-state index contributed by atoms with van der Waals surface area (Å²) in [7, 11) is 0. The van der Waals surface area contributed by atoms with Crippen LogP contribution in [0.25, 0.3) is 11.6 Å². The zero-order valence-corrected chi connectivity index (χ0v) is 13.7. The van der Waals surface area contributed by atoms with Gasteiger partial charge in [-0.1, -0.05) is 49.7 Å². The summed E-state index contributed by atoms with van der Waals surface area (Å²) in [6.45, 7) is 3.56. The van der Waals surface area contributed by atoms with Crippen molar-refractivity contribution in [2.45, 2.75) is 13.8 Å². The fourth-order valence-corrected chi connectivity index (χ4v) is 2.00. The number of hydrogen-bond donors (Lipinski definition) is 0. The maximum atomic E-state index is 11.7. The van der Waals surface area contributed by atoms with E-state index in [-0.39, 0.29) is 11.9 Å². The van der Waals surface area contributed by atoms with Crippen molar-refractivity contribution in [3.63, 3.8) is 0 Å². The predicted molar refractivity (Wildman–Crippen MR) is 91.9 cm³/mol. The minimum absolute atomic E-state index is 0.196. The average molecular weight is 326 g/mol. The molecular weight excluding hydrogens is 310 g/mol. The van der Waals surface area contributed by atoms with E-state index in [4.69, 9.17) is 16.3 Å². The Morgan fingerprint density at radius 3 is 2.52 bits per heavy atom. The smallest absolute Gasteiger partial charge is 0.313 e. The number of esters is 1. The molecule has 0 spiro atoms. The van der Waals surface area contributed by atoms with Gasteiger partial charge in [0.15, 0.2) is 0 Å². The lowest BCUT2D eigenvalue weighted by Crippen LogP contribution is -2.14. The van der Waals surface area contributed by atoms with Crippen LogP contribution in [0, 0.1) is 17.2 Å². The van der Waals surface area contributed by atoms with Gasteiger partial charge >= 0.3 is 5.97 Å². The number of nitriles is 1. The number of hydrogen-bond acceptors (Lipinski definition) is 3. The van der Waals surface area contributed by atoms with Gasteiger partial charge in [0.2, 0.25) is 0 Å². The first-order valence-electron chi connectivity index (χ1n) is 7.19. The van der Waals surface area contributed by atoms with Crippen LogP contribution in [0.4, 0.5) is 0 Å². The molecule has 4 heteroatoms. The van der Waals surface area contributed by atoms with Crippen molar-refractivity contribution in [1.29, 1.82) is 5.26 Å². The molecule has 0 heterocycles. The highest BCUT2D eigenvalue weighted by Crippen LogP contribution is 2.22. The molecule has 2 aromatic rings. The van der Waals surface area contributed by atoms with E-state index in [9.17, 15) is 10.1 Å². The number of benzene rings is 2. The number of carbonyl (C=O) groups excluding carboxylic acids is 1. The largest absolute Gasteiger partial charge is 0.426 e. The van der Waals surface area contributed by atoms with Crippen molar-refractivity contribution < 1.29 is 9.53 Å². The van der Waals surface area contributed by atoms with Gasteiger partial charge in [0.25, 0.3) is 0 Å². The maximum absolute atomic E-state index is 11.7. The number of rotatable bonds is 4. The molecule has 0 aliphatic heterocycles. The van der Waals surface area contributed by atoms with E-state index >= 15 is 0 Å². The highest BCUT2D eigenvalue weighted by atomic mass is 35.5. The van der Waals surface area contributed by atoms with E-state index in [1.54, 1.807) is 62.4 Å². The second kappa shape index (κ2) is 7.62. The van der Waals surface area contributed by atoms with Crippen LogP contribution >= 0.6 is 11.6 Å². The lowest BCUT2D eigenvalue weighted by molar-refractivity contribution is -0.137. The second-order valence-electron chi connectivity index (χ2n) is 5.32. The molecule has 116 valence electrons. The lowest BCUT2D eigenvalue weighted by atomic mass is 10.0. The first-order valence-corrected chi connectivity index (χ1v) is 7.57. The Morgan fingerprint density at radius 1 is 1.22 bits per heavy atom. The van der Waals surface area contributed by atoms with Crippen LogP contribution in [0.15, 0.2) is 48.5 Å². The Kier molecular flexibility index (Phi) is 5.56. The summed E-state index contributed by atoms with van der Waals surface area (Å²) in [5.41, 5.74) is 2.07. The minimum Gasteiger partial charge on any atom is -0.426 e. The molecule has 0 saturated heterocycles. The van der Waals surface area contributed by atoms with Crippen LogP contribution in [-0.4, -0.2) is 5.97 Å². The summed E-state index contributed by atoms with van der Waals surface area (Å²) in [4.78, 5) is 11.7. The van der Waals surface area contributed by atoms with Crippen molar-refractivity contribution in [2.24, 2.45) is 5.92 Å². The second-order valence-corrected chi connectivity index (χ2v) is 5.76. The normalized spacial score (nSPS) is 11.2. The van der Waals surface area contributed by atoms with E-state index in [0.717, 1.165) is 11.1 Å². The zero-order chi connectivity index (χ0) is 16.8. The molecule has 0 N–H and O–H groups in total.